The van der Waals surface area contributed by atoms with E-state index in [4.69, 9.17) is 5.73 Å². The van der Waals surface area contributed by atoms with E-state index in [0.717, 1.165) is 17.2 Å². The van der Waals surface area contributed by atoms with Gasteiger partial charge in [-0.2, -0.15) is 0 Å². The summed E-state index contributed by atoms with van der Waals surface area (Å²) < 4.78 is 0. The van der Waals surface area contributed by atoms with E-state index in [0.29, 0.717) is 5.92 Å². The number of ketones is 1. The number of carbonyl (C=O) groups is 1. The van der Waals surface area contributed by atoms with E-state index in [1.807, 2.05) is 0 Å². The summed E-state index contributed by atoms with van der Waals surface area (Å²) in [5, 5.41) is 0.958. The predicted octanol–water partition coefficient (Wildman–Crippen LogP) is 1.46. The standard InChI is InChI=1S/C10H18N2OS/c1-4-6(2)9(11)10-12-8(5-14-10)7(3)13/h6,8-9H,4-5,11H2,1-3H3/t6?,8-,9-/m0/s1. The topological polar surface area (TPSA) is 55.4 Å². The minimum absolute atomic E-state index is 0.00866. The molecule has 1 rings (SSSR count). The van der Waals surface area contributed by atoms with Crippen molar-refractivity contribution >= 4 is 22.6 Å². The van der Waals surface area contributed by atoms with Crippen molar-refractivity contribution in [1.82, 2.24) is 0 Å². The Morgan fingerprint density at radius 2 is 2.43 bits per heavy atom. The Morgan fingerprint density at radius 3 is 2.86 bits per heavy atom. The first-order valence-electron chi connectivity index (χ1n) is 5.02. The van der Waals surface area contributed by atoms with E-state index in [1.54, 1.807) is 18.7 Å². The fraction of sp³-hybridized carbons (Fsp3) is 0.800. The van der Waals surface area contributed by atoms with E-state index >= 15 is 0 Å². The third-order valence-corrected chi connectivity index (χ3v) is 3.84. The zero-order valence-electron chi connectivity index (χ0n) is 8.99. The predicted molar refractivity (Wildman–Crippen MR) is 61.8 cm³/mol. The Hall–Kier alpha value is -0.350. The number of rotatable bonds is 4. The Morgan fingerprint density at radius 1 is 1.79 bits per heavy atom. The fourth-order valence-electron chi connectivity index (χ4n) is 1.28. The number of aliphatic imine (C=N–C) groups is 1. The van der Waals surface area contributed by atoms with Gasteiger partial charge in [0.05, 0.1) is 11.1 Å². The van der Waals surface area contributed by atoms with E-state index in [9.17, 15) is 4.79 Å². The van der Waals surface area contributed by atoms with Crippen molar-refractivity contribution in [1.29, 1.82) is 0 Å². The fourth-order valence-corrected chi connectivity index (χ4v) is 2.54. The van der Waals surface area contributed by atoms with E-state index in [1.165, 1.54) is 0 Å². The third kappa shape index (κ3) is 2.58. The first-order chi connectivity index (χ1) is 6.56. The second-order valence-corrected chi connectivity index (χ2v) is 4.86. The number of hydrogen-bond acceptors (Lipinski definition) is 4. The van der Waals surface area contributed by atoms with Crippen molar-refractivity contribution in [2.24, 2.45) is 16.6 Å². The Balaban J connectivity index is 2.62. The first-order valence-corrected chi connectivity index (χ1v) is 6.01. The molecule has 0 aromatic rings. The smallest absolute Gasteiger partial charge is 0.155 e. The molecule has 1 heterocycles. The average Bonchev–Trinajstić information content (AvgIpc) is 2.64. The quantitative estimate of drug-likeness (QED) is 0.771. The van der Waals surface area contributed by atoms with Gasteiger partial charge in [0.1, 0.15) is 6.04 Å². The third-order valence-electron chi connectivity index (χ3n) is 2.68. The van der Waals surface area contributed by atoms with Crippen molar-refractivity contribution in [3.8, 4) is 0 Å². The van der Waals surface area contributed by atoms with Crippen molar-refractivity contribution in [3.63, 3.8) is 0 Å². The Bertz CT molecular complexity index is 253. The molecule has 0 bridgehead atoms. The maximum absolute atomic E-state index is 11.1. The molecule has 0 spiro atoms. The monoisotopic (exact) mass is 214 g/mol. The van der Waals surface area contributed by atoms with Gasteiger partial charge in [0.25, 0.3) is 0 Å². The lowest BCUT2D eigenvalue weighted by atomic mass is 10.0. The van der Waals surface area contributed by atoms with Crippen LogP contribution < -0.4 is 5.73 Å². The summed E-state index contributed by atoms with van der Waals surface area (Å²) in [4.78, 5) is 15.5. The van der Waals surface area contributed by atoms with Crippen molar-refractivity contribution in [2.75, 3.05) is 5.75 Å². The lowest BCUT2D eigenvalue weighted by Crippen LogP contribution is -2.34. The van der Waals surface area contributed by atoms with Gasteiger partial charge in [-0.05, 0) is 12.8 Å². The summed E-state index contributed by atoms with van der Waals surface area (Å²) >= 11 is 1.63. The van der Waals surface area contributed by atoms with Gasteiger partial charge in [-0.15, -0.1) is 11.8 Å². The van der Waals surface area contributed by atoms with Crippen LogP contribution in [0.2, 0.25) is 0 Å². The summed E-state index contributed by atoms with van der Waals surface area (Å²) in [5.41, 5.74) is 6.03. The van der Waals surface area contributed by atoms with Gasteiger partial charge >= 0.3 is 0 Å². The molecule has 0 saturated carbocycles. The summed E-state index contributed by atoms with van der Waals surface area (Å²) in [6.07, 6.45) is 1.05. The molecule has 80 valence electrons. The van der Waals surface area contributed by atoms with Crippen LogP contribution in [-0.2, 0) is 4.79 Å². The lowest BCUT2D eigenvalue weighted by Gasteiger charge is -2.17. The second-order valence-electron chi connectivity index (χ2n) is 3.82. The molecule has 3 atom stereocenters. The van der Waals surface area contributed by atoms with Gasteiger partial charge < -0.3 is 5.73 Å². The van der Waals surface area contributed by atoms with Crippen molar-refractivity contribution in [3.05, 3.63) is 0 Å². The first kappa shape index (κ1) is 11.7. The maximum atomic E-state index is 11.1. The van der Waals surface area contributed by atoms with E-state index < -0.39 is 0 Å². The average molecular weight is 214 g/mol. The number of carbonyl (C=O) groups excluding carboxylic acids is 1. The molecule has 1 aliphatic heterocycles. The molecule has 0 aliphatic carbocycles. The second kappa shape index (κ2) is 4.94. The summed E-state index contributed by atoms with van der Waals surface area (Å²) in [7, 11) is 0. The largest absolute Gasteiger partial charge is 0.322 e. The van der Waals surface area contributed by atoms with Crippen LogP contribution in [0.1, 0.15) is 27.2 Å². The normalized spacial score (nSPS) is 25.7. The van der Waals surface area contributed by atoms with E-state index in [-0.39, 0.29) is 17.9 Å². The number of nitrogens with two attached hydrogens (primary N) is 1. The molecular formula is C10H18N2OS. The Kier molecular flexibility index (Phi) is 4.13. The molecule has 1 unspecified atom stereocenters. The van der Waals surface area contributed by atoms with Crippen LogP contribution >= 0.6 is 11.8 Å². The highest BCUT2D eigenvalue weighted by Crippen LogP contribution is 2.23. The van der Waals surface area contributed by atoms with Crippen LogP contribution in [0.4, 0.5) is 0 Å². The van der Waals surface area contributed by atoms with Gasteiger partial charge in [0, 0.05) is 5.75 Å². The van der Waals surface area contributed by atoms with Gasteiger partial charge in [-0.1, -0.05) is 20.3 Å². The number of Topliss-reactive ketones (excluding diaryl/α,β-unsaturated/α-hetero) is 1. The number of thioether (sulfide) groups is 1. The summed E-state index contributed by atoms with van der Waals surface area (Å²) in [6, 6.07) is -0.139. The molecule has 0 radical (unpaired) electrons. The highest BCUT2D eigenvalue weighted by atomic mass is 32.2. The SMILES string of the molecule is CCC(C)[C@H](N)C1=N[C@H](C(C)=O)CS1. The molecule has 3 nitrogen and oxygen atoms in total. The summed E-state index contributed by atoms with van der Waals surface area (Å²) in [5.74, 6) is 1.35. The molecule has 14 heavy (non-hydrogen) atoms. The number of hydrogen-bond donors (Lipinski definition) is 1. The zero-order valence-corrected chi connectivity index (χ0v) is 9.80. The van der Waals surface area contributed by atoms with Crippen LogP contribution in [0.3, 0.4) is 0 Å². The zero-order chi connectivity index (χ0) is 10.7. The minimum Gasteiger partial charge on any atom is -0.322 e. The molecule has 0 aromatic carbocycles. The maximum Gasteiger partial charge on any atom is 0.155 e. The molecule has 0 amide bonds. The van der Waals surface area contributed by atoms with Crippen molar-refractivity contribution < 1.29 is 4.79 Å². The van der Waals surface area contributed by atoms with Crippen LogP contribution in [0.15, 0.2) is 4.99 Å². The number of nitrogens with zero attached hydrogens (tertiary/aromatic N) is 1. The molecule has 0 fully saturated rings. The van der Waals surface area contributed by atoms with Crippen LogP contribution in [0, 0.1) is 5.92 Å². The highest BCUT2D eigenvalue weighted by molar-refractivity contribution is 8.14. The van der Waals surface area contributed by atoms with Gasteiger partial charge in [0.2, 0.25) is 0 Å². The molecule has 0 saturated heterocycles. The Labute approximate surface area is 89.5 Å². The van der Waals surface area contributed by atoms with Crippen molar-refractivity contribution in [2.45, 2.75) is 39.3 Å². The molecule has 1 aliphatic rings. The minimum atomic E-state index is -0.148. The lowest BCUT2D eigenvalue weighted by molar-refractivity contribution is -0.117. The van der Waals surface area contributed by atoms with Gasteiger partial charge in [-0.3, -0.25) is 9.79 Å². The highest BCUT2D eigenvalue weighted by Gasteiger charge is 2.27. The van der Waals surface area contributed by atoms with Gasteiger partial charge in [0.15, 0.2) is 5.78 Å². The van der Waals surface area contributed by atoms with Crippen LogP contribution in [0.5, 0.6) is 0 Å². The molecule has 2 N–H and O–H groups in total. The van der Waals surface area contributed by atoms with E-state index in [2.05, 4.69) is 18.8 Å². The van der Waals surface area contributed by atoms with Crippen LogP contribution in [0.25, 0.3) is 0 Å². The van der Waals surface area contributed by atoms with Gasteiger partial charge in [-0.25, -0.2) is 0 Å². The molecule has 0 aromatic heterocycles. The summed E-state index contributed by atoms with van der Waals surface area (Å²) in [6.45, 7) is 5.83. The van der Waals surface area contributed by atoms with Crippen LogP contribution in [-0.4, -0.2) is 28.7 Å². The molecular weight excluding hydrogens is 196 g/mol. The molecule has 4 heteroatoms.